The first-order valence-corrected chi connectivity index (χ1v) is 8.34. The van der Waals surface area contributed by atoms with Crippen molar-refractivity contribution in [1.82, 2.24) is 25.7 Å². The highest BCUT2D eigenvalue weighted by atomic mass is 16.2. The zero-order chi connectivity index (χ0) is 18.5. The smallest absolute Gasteiger partial charge is 0.315 e. The molecule has 0 saturated carbocycles. The van der Waals surface area contributed by atoms with Gasteiger partial charge in [0.05, 0.1) is 5.69 Å². The number of aromatic nitrogens is 2. The molecule has 136 valence electrons. The van der Waals surface area contributed by atoms with Crippen LogP contribution in [0.4, 0.5) is 4.79 Å². The van der Waals surface area contributed by atoms with E-state index in [2.05, 4.69) is 21.0 Å². The van der Waals surface area contributed by atoms with Gasteiger partial charge in [-0.2, -0.15) is 5.10 Å². The molecule has 1 rings (SSSR count). The Morgan fingerprint density at radius 3 is 2.25 bits per heavy atom. The molecule has 7 heteroatoms. The van der Waals surface area contributed by atoms with Gasteiger partial charge in [-0.1, -0.05) is 20.8 Å². The third kappa shape index (κ3) is 5.86. The van der Waals surface area contributed by atoms with E-state index in [4.69, 9.17) is 0 Å². The van der Waals surface area contributed by atoms with Crippen LogP contribution < -0.4 is 16.0 Å². The molecule has 0 spiro atoms. The van der Waals surface area contributed by atoms with Gasteiger partial charge >= 0.3 is 6.03 Å². The van der Waals surface area contributed by atoms with Gasteiger partial charge in [0.2, 0.25) is 5.91 Å². The Kier molecular flexibility index (Phi) is 6.81. The SMILES string of the molecule is Cc1nn(C)c(C)c1C[C@H](C)NC(=O)NCCNC(=O)C(C)(C)C. The largest absolute Gasteiger partial charge is 0.354 e. The molecule has 0 fully saturated rings. The van der Waals surface area contributed by atoms with Crippen LogP contribution in [0.5, 0.6) is 0 Å². The average Bonchev–Trinajstić information content (AvgIpc) is 2.68. The van der Waals surface area contributed by atoms with E-state index in [1.54, 1.807) is 0 Å². The van der Waals surface area contributed by atoms with Gasteiger partial charge in [0.1, 0.15) is 0 Å². The molecular weight excluding hydrogens is 306 g/mol. The van der Waals surface area contributed by atoms with Crippen molar-refractivity contribution >= 4 is 11.9 Å². The minimum atomic E-state index is -0.420. The quantitative estimate of drug-likeness (QED) is 0.686. The molecule has 1 heterocycles. The Hall–Kier alpha value is -2.05. The lowest BCUT2D eigenvalue weighted by atomic mass is 9.96. The summed E-state index contributed by atoms with van der Waals surface area (Å²) in [6, 6.07) is -0.234. The van der Waals surface area contributed by atoms with Crippen LogP contribution in [0.1, 0.15) is 44.6 Å². The molecule has 0 aliphatic carbocycles. The van der Waals surface area contributed by atoms with E-state index in [0.717, 1.165) is 17.8 Å². The fourth-order valence-electron chi connectivity index (χ4n) is 2.36. The third-order valence-corrected chi connectivity index (χ3v) is 3.92. The lowest BCUT2D eigenvalue weighted by molar-refractivity contribution is -0.128. The minimum absolute atomic E-state index is 0.00392. The molecular formula is C17H31N5O2. The van der Waals surface area contributed by atoms with Gasteiger partial charge in [0, 0.05) is 37.3 Å². The highest BCUT2D eigenvalue weighted by Crippen LogP contribution is 2.14. The maximum absolute atomic E-state index is 11.9. The van der Waals surface area contributed by atoms with Crippen molar-refractivity contribution in [1.29, 1.82) is 0 Å². The van der Waals surface area contributed by atoms with Gasteiger partial charge in [-0.25, -0.2) is 4.79 Å². The number of carbonyl (C=O) groups excluding carboxylic acids is 2. The summed E-state index contributed by atoms with van der Waals surface area (Å²) in [5, 5.41) is 12.8. The second-order valence-corrected chi connectivity index (χ2v) is 7.28. The molecule has 0 bridgehead atoms. The predicted octanol–water partition coefficient (Wildman–Crippen LogP) is 1.43. The highest BCUT2D eigenvalue weighted by Gasteiger charge is 2.20. The number of amides is 3. The van der Waals surface area contributed by atoms with Gasteiger partial charge in [0.15, 0.2) is 0 Å². The van der Waals surface area contributed by atoms with E-state index in [1.165, 1.54) is 5.56 Å². The molecule has 0 unspecified atom stereocenters. The average molecular weight is 337 g/mol. The van der Waals surface area contributed by atoms with E-state index < -0.39 is 5.41 Å². The van der Waals surface area contributed by atoms with Crippen LogP contribution in [0.15, 0.2) is 0 Å². The summed E-state index contributed by atoms with van der Waals surface area (Å²) in [7, 11) is 1.92. The molecule has 1 atom stereocenters. The number of urea groups is 1. The van der Waals surface area contributed by atoms with Crippen LogP contribution in [0.2, 0.25) is 0 Å². The summed E-state index contributed by atoms with van der Waals surface area (Å²) in [6.07, 6.45) is 0.736. The highest BCUT2D eigenvalue weighted by molar-refractivity contribution is 5.81. The van der Waals surface area contributed by atoms with Crippen LogP contribution in [0.25, 0.3) is 0 Å². The summed E-state index contributed by atoms with van der Waals surface area (Å²) in [5.74, 6) is -0.0272. The van der Waals surface area contributed by atoms with Crippen molar-refractivity contribution in [2.75, 3.05) is 13.1 Å². The van der Waals surface area contributed by atoms with Gasteiger partial charge in [-0.3, -0.25) is 9.48 Å². The van der Waals surface area contributed by atoms with E-state index in [9.17, 15) is 9.59 Å². The first-order chi connectivity index (χ1) is 11.0. The lowest BCUT2D eigenvalue weighted by Crippen LogP contribution is -2.45. The Morgan fingerprint density at radius 2 is 1.75 bits per heavy atom. The van der Waals surface area contributed by atoms with E-state index in [0.29, 0.717) is 13.1 Å². The van der Waals surface area contributed by atoms with Crippen molar-refractivity contribution in [3.63, 3.8) is 0 Å². The molecule has 1 aromatic rings. The maximum atomic E-state index is 11.9. The molecule has 0 radical (unpaired) electrons. The van der Waals surface area contributed by atoms with Crippen LogP contribution in [0.3, 0.4) is 0 Å². The number of hydrogen-bond acceptors (Lipinski definition) is 3. The van der Waals surface area contributed by atoms with E-state index >= 15 is 0 Å². The van der Waals surface area contributed by atoms with Crippen molar-refractivity contribution in [2.45, 2.75) is 54.0 Å². The van der Waals surface area contributed by atoms with Crippen LogP contribution >= 0.6 is 0 Å². The molecule has 1 aromatic heterocycles. The topological polar surface area (TPSA) is 88.1 Å². The molecule has 7 nitrogen and oxygen atoms in total. The maximum Gasteiger partial charge on any atom is 0.315 e. The summed E-state index contributed by atoms with van der Waals surface area (Å²) < 4.78 is 1.86. The second-order valence-electron chi connectivity index (χ2n) is 7.28. The minimum Gasteiger partial charge on any atom is -0.354 e. The monoisotopic (exact) mass is 337 g/mol. The van der Waals surface area contributed by atoms with Crippen LogP contribution in [-0.2, 0) is 18.3 Å². The molecule has 0 aromatic carbocycles. The van der Waals surface area contributed by atoms with Crippen molar-refractivity contribution < 1.29 is 9.59 Å². The predicted molar refractivity (Wildman–Crippen MR) is 94.8 cm³/mol. The summed E-state index contributed by atoms with van der Waals surface area (Å²) in [5.41, 5.74) is 2.86. The first kappa shape index (κ1) is 20.0. The first-order valence-electron chi connectivity index (χ1n) is 8.34. The molecule has 0 aliphatic heterocycles. The molecule has 3 amide bonds. The van der Waals surface area contributed by atoms with Gasteiger partial charge in [-0.15, -0.1) is 0 Å². The number of aryl methyl sites for hydroxylation is 2. The number of rotatable bonds is 6. The van der Waals surface area contributed by atoms with Crippen molar-refractivity contribution in [3.8, 4) is 0 Å². The molecule has 0 saturated heterocycles. The number of carbonyl (C=O) groups is 2. The molecule has 0 aliphatic rings. The van der Waals surface area contributed by atoms with Gasteiger partial charge < -0.3 is 16.0 Å². The number of nitrogens with zero attached hydrogens (tertiary/aromatic N) is 2. The summed E-state index contributed by atoms with van der Waals surface area (Å²) in [4.78, 5) is 23.6. The zero-order valence-corrected chi connectivity index (χ0v) is 15.9. The normalized spacial score (nSPS) is 12.6. The summed E-state index contributed by atoms with van der Waals surface area (Å²) >= 11 is 0. The third-order valence-electron chi connectivity index (χ3n) is 3.92. The van der Waals surface area contributed by atoms with Gasteiger partial charge in [-0.05, 0) is 32.8 Å². The van der Waals surface area contributed by atoms with Crippen LogP contribution in [0, 0.1) is 19.3 Å². The summed E-state index contributed by atoms with van der Waals surface area (Å²) in [6.45, 7) is 12.3. The van der Waals surface area contributed by atoms with Crippen LogP contribution in [-0.4, -0.2) is 40.9 Å². The molecule has 24 heavy (non-hydrogen) atoms. The molecule has 3 N–H and O–H groups in total. The standard InChI is InChI=1S/C17H31N5O2/c1-11(10-14-12(2)21-22(7)13(14)3)20-16(24)19-9-8-18-15(23)17(4,5)6/h11H,8-10H2,1-7H3,(H,18,23)(H2,19,20,24)/t11-/m0/s1. The zero-order valence-electron chi connectivity index (χ0n) is 15.9. The Morgan fingerprint density at radius 1 is 1.17 bits per heavy atom. The van der Waals surface area contributed by atoms with Crippen molar-refractivity contribution in [2.24, 2.45) is 12.5 Å². The van der Waals surface area contributed by atoms with Crippen molar-refractivity contribution in [3.05, 3.63) is 17.0 Å². The number of hydrogen-bond donors (Lipinski definition) is 3. The number of nitrogens with one attached hydrogen (secondary N) is 3. The second kappa shape index (κ2) is 8.17. The Balaban J connectivity index is 2.33. The van der Waals surface area contributed by atoms with E-state index in [-0.39, 0.29) is 18.0 Å². The Labute approximate surface area is 144 Å². The van der Waals surface area contributed by atoms with E-state index in [1.807, 2.05) is 53.3 Å². The fraction of sp³-hybridized carbons (Fsp3) is 0.706. The fourth-order valence-corrected chi connectivity index (χ4v) is 2.36. The van der Waals surface area contributed by atoms with Gasteiger partial charge in [0.25, 0.3) is 0 Å². The lowest BCUT2D eigenvalue weighted by Gasteiger charge is -2.18. The Bertz CT molecular complexity index is 587.